The average Bonchev–Trinajstić information content (AvgIpc) is 2.18. The van der Waals surface area contributed by atoms with Gasteiger partial charge in [0.25, 0.3) is 0 Å². The van der Waals surface area contributed by atoms with Crippen LogP contribution in [0.15, 0.2) is 23.1 Å². The zero-order chi connectivity index (χ0) is 11.9. The Morgan fingerprint density at radius 2 is 2.19 bits per heavy atom. The smallest absolute Gasteiger partial charge is 0.324 e. The average molecular weight is 262 g/mol. The van der Waals surface area contributed by atoms with Crippen LogP contribution in [0.25, 0.3) is 0 Å². The van der Waals surface area contributed by atoms with Gasteiger partial charge in [0.05, 0.1) is 15.6 Å². The predicted molar refractivity (Wildman–Crippen MR) is 58.6 cm³/mol. The molecule has 86 valence electrons. The Bertz CT molecular complexity index is 555. The molecule has 1 aromatic carbocycles. The number of rotatable bonds is 1. The molecule has 0 aromatic heterocycles. The number of carbonyl (C=O) groups is 1. The molecule has 0 saturated heterocycles. The molecule has 7 heteroatoms. The summed E-state index contributed by atoms with van der Waals surface area (Å²) >= 11 is 5.82. The second kappa shape index (κ2) is 3.64. The van der Waals surface area contributed by atoms with Crippen molar-refractivity contribution < 1.29 is 18.3 Å². The Kier molecular flexibility index (Phi) is 2.55. The van der Waals surface area contributed by atoms with Crippen LogP contribution in [-0.4, -0.2) is 31.3 Å². The van der Waals surface area contributed by atoms with Crippen LogP contribution in [0.4, 0.5) is 5.69 Å². The van der Waals surface area contributed by atoms with Crippen molar-refractivity contribution in [3.63, 3.8) is 0 Å². The minimum atomic E-state index is -3.85. The van der Waals surface area contributed by atoms with Crippen LogP contribution in [0, 0.1) is 0 Å². The summed E-state index contributed by atoms with van der Waals surface area (Å²) in [5.41, 5.74) is 0.279. The zero-order valence-corrected chi connectivity index (χ0v) is 9.55. The minimum Gasteiger partial charge on any atom is -0.480 e. The number of anilines is 1. The van der Waals surface area contributed by atoms with Gasteiger partial charge in [0.2, 0.25) is 0 Å². The van der Waals surface area contributed by atoms with Gasteiger partial charge in [-0.15, -0.1) is 0 Å². The van der Waals surface area contributed by atoms with Crippen molar-refractivity contribution in [1.29, 1.82) is 0 Å². The monoisotopic (exact) mass is 261 g/mol. The van der Waals surface area contributed by atoms with E-state index in [1.54, 1.807) is 6.07 Å². The fraction of sp³-hybridized carbons (Fsp3) is 0.222. The lowest BCUT2D eigenvalue weighted by atomic mass is 10.3. The largest absolute Gasteiger partial charge is 0.480 e. The van der Waals surface area contributed by atoms with Crippen LogP contribution in [-0.2, 0) is 14.6 Å². The molecule has 1 aromatic rings. The molecule has 0 fully saturated rings. The first-order valence-corrected chi connectivity index (χ1v) is 6.36. The number of nitrogens with one attached hydrogen (secondary N) is 1. The Morgan fingerprint density at radius 3 is 2.81 bits per heavy atom. The van der Waals surface area contributed by atoms with Crippen LogP contribution in [0.3, 0.4) is 0 Å². The lowest BCUT2D eigenvalue weighted by Crippen LogP contribution is -2.40. The molecule has 1 aliphatic rings. The third-order valence-corrected chi connectivity index (χ3v) is 4.78. The van der Waals surface area contributed by atoms with E-state index in [0.29, 0.717) is 0 Å². The van der Waals surface area contributed by atoms with Crippen molar-refractivity contribution in [1.82, 2.24) is 0 Å². The van der Waals surface area contributed by atoms with Gasteiger partial charge in [-0.1, -0.05) is 17.7 Å². The molecule has 0 radical (unpaired) electrons. The van der Waals surface area contributed by atoms with Crippen LogP contribution in [0.1, 0.15) is 0 Å². The number of halogens is 1. The van der Waals surface area contributed by atoms with Gasteiger partial charge >= 0.3 is 5.97 Å². The van der Waals surface area contributed by atoms with Crippen molar-refractivity contribution in [2.24, 2.45) is 0 Å². The lowest BCUT2D eigenvalue weighted by molar-refractivity contribution is -0.136. The lowest BCUT2D eigenvalue weighted by Gasteiger charge is -2.24. The van der Waals surface area contributed by atoms with Crippen LogP contribution in [0.5, 0.6) is 0 Å². The van der Waals surface area contributed by atoms with E-state index in [1.807, 2.05) is 0 Å². The number of fused-ring (bicyclic) bond motifs is 1. The normalized spacial score (nSPS) is 21.9. The van der Waals surface area contributed by atoms with Crippen molar-refractivity contribution in [3.8, 4) is 0 Å². The number of carboxylic acid groups (broad SMARTS) is 1. The van der Waals surface area contributed by atoms with Crippen LogP contribution >= 0.6 is 11.6 Å². The summed E-state index contributed by atoms with van der Waals surface area (Å²) < 4.78 is 23.8. The Hall–Kier alpha value is -1.27. The molecule has 1 aliphatic heterocycles. The first kappa shape index (κ1) is 11.2. The molecule has 1 unspecified atom stereocenters. The van der Waals surface area contributed by atoms with E-state index < -0.39 is 21.1 Å². The molecule has 16 heavy (non-hydrogen) atoms. The Morgan fingerprint density at radius 1 is 1.50 bits per heavy atom. The van der Waals surface area contributed by atoms with Gasteiger partial charge in [0.15, 0.2) is 15.1 Å². The molecule has 0 saturated carbocycles. The summed E-state index contributed by atoms with van der Waals surface area (Å²) in [6, 6.07) is 4.37. The highest BCUT2D eigenvalue weighted by Crippen LogP contribution is 2.35. The second-order valence-electron chi connectivity index (χ2n) is 3.37. The van der Waals surface area contributed by atoms with Gasteiger partial charge in [0, 0.05) is 6.54 Å². The number of carboxylic acids is 1. The summed E-state index contributed by atoms with van der Waals surface area (Å²) in [7, 11) is -3.85. The summed E-state index contributed by atoms with van der Waals surface area (Å²) in [4.78, 5) is 10.8. The predicted octanol–water partition coefficient (Wildman–Crippen LogP) is 0.992. The summed E-state index contributed by atoms with van der Waals surface area (Å²) in [5, 5.41) is 10.4. The highest BCUT2D eigenvalue weighted by molar-refractivity contribution is 7.93. The van der Waals surface area contributed by atoms with E-state index in [0.717, 1.165) is 0 Å². The van der Waals surface area contributed by atoms with E-state index in [9.17, 15) is 13.2 Å². The van der Waals surface area contributed by atoms with E-state index in [1.165, 1.54) is 12.1 Å². The maximum Gasteiger partial charge on any atom is 0.324 e. The SMILES string of the molecule is O=C(O)C1CNc2c(Cl)cccc2S1(=O)=O. The maximum atomic E-state index is 11.9. The van der Waals surface area contributed by atoms with Crippen molar-refractivity contribution >= 4 is 33.1 Å². The molecular weight excluding hydrogens is 254 g/mol. The molecule has 2 rings (SSSR count). The van der Waals surface area contributed by atoms with Crippen molar-refractivity contribution in [2.45, 2.75) is 10.1 Å². The van der Waals surface area contributed by atoms with Crippen molar-refractivity contribution in [2.75, 3.05) is 11.9 Å². The molecule has 0 amide bonds. The second-order valence-corrected chi connectivity index (χ2v) is 5.87. The maximum absolute atomic E-state index is 11.9. The highest BCUT2D eigenvalue weighted by Gasteiger charge is 2.39. The fourth-order valence-corrected chi connectivity index (χ4v) is 3.50. The Balaban J connectivity index is 2.65. The summed E-state index contributed by atoms with van der Waals surface area (Å²) in [6.07, 6.45) is 0. The quantitative estimate of drug-likeness (QED) is 0.788. The zero-order valence-electron chi connectivity index (χ0n) is 7.97. The molecule has 0 spiro atoms. The van der Waals surface area contributed by atoms with Gasteiger partial charge < -0.3 is 10.4 Å². The molecule has 5 nitrogen and oxygen atoms in total. The van der Waals surface area contributed by atoms with Crippen molar-refractivity contribution in [3.05, 3.63) is 23.2 Å². The number of aliphatic carboxylic acids is 1. The third-order valence-electron chi connectivity index (χ3n) is 2.40. The number of hydrogen-bond donors (Lipinski definition) is 2. The first-order chi connectivity index (χ1) is 7.44. The first-order valence-electron chi connectivity index (χ1n) is 4.43. The van der Waals surface area contributed by atoms with E-state index in [-0.39, 0.29) is 22.2 Å². The molecule has 1 heterocycles. The number of para-hydroxylation sites is 1. The number of hydrogen-bond acceptors (Lipinski definition) is 4. The Labute approximate surface area is 97.0 Å². The van der Waals surface area contributed by atoms with Crippen LogP contribution < -0.4 is 5.32 Å². The molecule has 1 atom stereocenters. The topological polar surface area (TPSA) is 83.5 Å². The third kappa shape index (κ3) is 1.54. The molecule has 0 bridgehead atoms. The number of benzene rings is 1. The highest BCUT2D eigenvalue weighted by atomic mass is 35.5. The standard InChI is InChI=1S/C9H8ClNO4S/c10-5-2-1-3-6-8(5)11-4-7(9(12)13)16(6,14)15/h1-3,7,11H,4H2,(H,12,13). The van der Waals surface area contributed by atoms with Gasteiger partial charge in [-0.05, 0) is 12.1 Å². The van der Waals surface area contributed by atoms with Gasteiger partial charge in [-0.3, -0.25) is 4.79 Å². The van der Waals surface area contributed by atoms with E-state index >= 15 is 0 Å². The van der Waals surface area contributed by atoms with Gasteiger partial charge in [-0.2, -0.15) is 0 Å². The van der Waals surface area contributed by atoms with Gasteiger partial charge in [0.1, 0.15) is 0 Å². The fourth-order valence-electron chi connectivity index (χ4n) is 1.59. The summed E-state index contributed by atoms with van der Waals surface area (Å²) in [6.45, 7) is -0.172. The van der Waals surface area contributed by atoms with Gasteiger partial charge in [-0.25, -0.2) is 8.42 Å². The number of sulfone groups is 1. The van der Waals surface area contributed by atoms with Crippen LogP contribution in [0.2, 0.25) is 5.02 Å². The minimum absolute atomic E-state index is 0.0568. The van der Waals surface area contributed by atoms with E-state index in [2.05, 4.69) is 5.32 Å². The molecular formula is C9H8ClNO4S. The molecule has 0 aliphatic carbocycles. The molecule has 2 N–H and O–H groups in total. The van der Waals surface area contributed by atoms with E-state index in [4.69, 9.17) is 16.7 Å². The summed E-state index contributed by atoms with van der Waals surface area (Å²) in [5.74, 6) is -1.36.